The maximum absolute atomic E-state index is 12.4. The van der Waals surface area contributed by atoms with E-state index in [1.165, 1.54) is 69.6 Å². The SMILES string of the molecule is CC.CC(=O)CCC(=O)O.COC(CCn1cc(COCCCCCCc2ccc3ccc4cccc5ccc2c3c45)c(=O)[nH]c1=O)COC(=O)CCC(C)=O. The summed E-state index contributed by atoms with van der Waals surface area (Å²) in [6, 6.07) is 19.9. The minimum Gasteiger partial charge on any atom is -0.481 e. The predicted octanol–water partition coefficient (Wildman–Crippen LogP) is 7.54. The molecule has 302 valence electrons. The van der Waals surface area contributed by atoms with Crippen LogP contribution < -0.4 is 11.2 Å². The van der Waals surface area contributed by atoms with Gasteiger partial charge in [-0.1, -0.05) is 81.3 Å². The van der Waals surface area contributed by atoms with Crippen molar-refractivity contribution in [3.8, 4) is 0 Å². The van der Waals surface area contributed by atoms with E-state index in [1.54, 1.807) is 0 Å². The van der Waals surface area contributed by atoms with Gasteiger partial charge in [0.1, 0.15) is 18.2 Å². The molecule has 1 atom stereocenters. The number of methoxy groups -OCH3 is 1. The highest BCUT2D eigenvalue weighted by molar-refractivity contribution is 6.23. The summed E-state index contributed by atoms with van der Waals surface area (Å²) < 4.78 is 17.8. The highest BCUT2D eigenvalue weighted by Crippen LogP contribution is 2.36. The van der Waals surface area contributed by atoms with Crippen LogP contribution in [0, 0.1) is 0 Å². The lowest BCUT2D eigenvalue weighted by Crippen LogP contribution is -2.33. The van der Waals surface area contributed by atoms with Gasteiger partial charge in [-0.25, -0.2) is 4.79 Å². The van der Waals surface area contributed by atoms with Crippen LogP contribution in [-0.2, 0) is 53.0 Å². The fraction of sp³-hybridized carbons (Fsp3) is 0.455. The molecule has 0 saturated heterocycles. The first-order valence-electron chi connectivity index (χ1n) is 19.4. The Labute approximate surface area is 327 Å². The van der Waals surface area contributed by atoms with Gasteiger partial charge in [0, 0.05) is 39.3 Å². The Balaban J connectivity index is 0.000000749. The number of aromatic nitrogens is 2. The molecule has 5 aromatic rings. The Morgan fingerprint density at radius 2 is 1.39 bits per heavy atom. The number of ether oxygens (including phenoxy) is 3. The van der Waals surface area contributed by atoms with E-state index in [0.29, 0.717) is 18.6 Å². The topological polar surface area (TPSA) is 171 Å². The van der Waals surface area contributed by atoms with Gasteiger partial charge in [0.05, 0.1) is 31.1 Å². The van der Waals surface area contributed by atoms with Gasteiger partial charge in [-0.3, -0.25) is 19.4 Å². The van der Waals surface area contributed by atoms with Crippen LogP contribution in [0.3, 0.4) is 0 Å². The standard InChI is InChI=1S/C37H42N2O7.C5H8O3.C2H6/c1-25(40)11-18-33(41)46-24-31(44-2)19-20-39-22-30(36(42)38-37(39)43)23-45-21-6-4-3-5-8-26-12-13-29-15-14-27-9-7-10-28-16-17-32(26)35(29)34(27)28;1-4(6)2-3-5(7)8;1-2/h7,9-10,12-17,22,31H,3-6,8,11,18-21,23-24H2,1-2H3,(H,38,42,43);2-3H2,1H3,(H,7,8);1-2H3. The summed E-state index contributed by atoms with van der Waals surface area (Å²) >= 11 is 0. The largest absolute Gasteiger partial charge is 0.481 e. The minimum atomic E-state index is -0.916. The molecule has 2 N–H and O–H groups in total. The van der Waals surface area contributed by atoms with Crippen LogP contribution in [0.5, 0.6) is 0 Å². The first-order chi connectivity index (χ1) is 27.0. The van der Waals surface area contributed by atoms with Gasteiger partial charge < -0.3 is 33.5 Å². The molecular formula is C44H56N2O10. The molecule has 0 bridgehead atoms. The van der Waals surface area contributed by atoms with Crippen LogP contribution in [0.1, 0.15) is 96.6 Å². The molecule has 0 aliphatic rings. The number of nitrogens with zero attached hydrogens (tertiary/aromatic N) is 1. The second kappa shape index (κ2) is 23.7. The maximum Gasteiger partial charge on any atom is 0.328 e. The van der Waals surface area contributed by atoms with Crippen molar-refractivity contribution in [2.45, 2.75) is 111 Å². The van der Waals surface area contributed by atoms with Crippen molar-refractivity contribution in [1.82, 2.24) is 9.55 Å². The Morgan fingerprint density at radius 1 is 0.768 bits per heavy atom. The number of carbonyl (C=O) groups is 4. The van der Waals surface area contributed by atoms with E-state index in [0.717, 1.165) is 32.1 Å². The number of esters is 1. The van der Waals surface area contributed by atoms with Crippen molar-refractivity contribution < 1.29 is 38.5 Å². The van der Waals surface area contributed by atoms with Crippen molar-refractivity contribution in [1.29, 1.82) is 0 Å². The second-order valence-electron chi connectivity index (χ2n) is 13.5. The highest BCUT2D eigenvalue weighted by atomic mass is 16.6. The number of carbonyl (C=O) groups excluding carboxylic acids is 3. The van der Waals surface area contributed by atoms with Gasteiger partial charge in [-0.2, -0.15) is 0 Å². The van der Waals surface area contributed by atoms with Crippen LogP contribution in [-0.4, -0.2) is 64.6 Å². The van der Waals surface area contributed by atoms with Gasteiger partial charge >= 0.3 is 17.6 Å². The number of benzene rings is 4. The number of rotatable bonds is 21. The number of aliphatic carboxylic acids is 1. The normalized spacial score (nSPS) is 11.4. The van der Waals surface area contributed by atoms with Crippen molar-refractivity contribution in [3.63, 3.8) is 0 Å². The minimum absolute atomic E-state index is 0.0137. The molecule has 1 heterocycles. The number of H-pyrrole nitrogens is 1. The zero-order valence-electron chi connectivity index (χ0n) is 33.3. The van der Waals surface area contributed by atoms with E-state index in [1.807, 2.05) is 13.8 Å². The molecule has 1 unspecified atom stereocenters. The quantitative estimate of drug-likeness (QED) is 0.0431. The number of Topliss-reactive ketones (excluding diaryl/α,β-unsaturated/α-hetero) is 2. The van der Waals surface area contributed by atoms with Crippen molar-refractivity contribution in [2.75, 3.05) is 20.3 Å². The Hall–Kier alpha value is -5.20. The number of aryl methyl sites for hydroxylation is 2. The van der Waals surface area contributed by atoms with E-state index < -0.39 is 29.3 Å². The van der Waals surface area contributed by atoms with Gasteiger partial charge in [-0.15, -0.1) is 0 Å². The molecule has 4 aromatic carbocycles. The Bertz CT molecular complexity index is 2120. The third-order valence-electron chi connectivity index (χ3n) is 9.27. The Morgan fingerprint density at radius 3 is 2.04 bits per heavy atom. The third-order valence-corrected chi connectivity index (χ3v) is 9.27. The molecule has 12 nitrogen and oxygen atoms in total. The van der Waals surface area contributed by atoms with Gasteiger partial charge in [0.15, 0.2) is 0 Å². The van der Waals surface area contributed by atoms with Crippen LogP contribution in [0.25, 0.3) is 32.3 Å². The molecular weight excluding hydrogens is 716 g/mol. The summed E-state index contributed by atoms with van der Waals surface area (Å²) in [4.78, 5) is 69.8. The average Bonchev–Trinajstić information content (AvgIpc) is 3.19. The van der Waals surface area contributed by atoms with Crippen LogP contribution in [0.2, 0.25) is 0 Å². The summed E-state index contributed by atoms with van der Waals surface area (Å²) in [6.07, 6.45) is 6.85. The first-order valence-corrected chi connectivity index (χ1v) is 19.4. The fourth-order valence-electron chi connectivity index (χ4n) is 6.26. The van der Waals surface area contributed by atoms with E-state index >= 15 is 0 Å². The summed E-state index contributed by atoms with van der Waals surface area (Å²) in [7, 11) is 1.50. The summed E-state index contributed by atoms with van der Waals surface area (Å²) in [6.45, 7) is 7.71. The maximum atomic E-state index is 12.4. The monoisotopic (exact) mass is 772 g/mol. The number of aromatic amines is 1. The molecule has 0 aliphatic heterocycles. The zero-order chi connectivity index (χ0) is 41.0. The molecule has 12 heteroatoms. The van der Waals surface area contributed by atoms with Crippen LogP contribution in [0.15, 0.2) is 70.4 Å². The molecule has 0 aliphatic carbocycles. The van der Waals surface area contributed by atoms with Gasteiger partial charge in [-0.05, 0) is 77.4 Å². The molecule has 0 fully saturated rings. The number of carboxylic acid groups (broad SMARTS) is 1. The fourth-order valence-corrected chi connectivity index (χ4v) is 6.26. The summed E-state index contributed by atoms with van der Waals surface area (Å²) in [5.74, 6) is -1.54. The van der Waals surface area contributed by atoms with E-state index in [4.69, 9.17) is 19.3 Å². The number of hydrogen-bond donors (Lipinski definition) is 2. The average molecular weight is 773 g/mol. The third kappa shape index (κ3) is 14.1. The number of ketones is 2. The lowest BCUT2D eigenvalue weighted by Gasteiger charge is -2.16. The summed E-state index contributed by atoms with van der Waals surface area (Å²) in [5, 5.41) is 15.9. The molecule has 5 rings (SSSR count). The summed E-state index contributed by atoms with van der Waals surface area (Å²) in [5.41, 5.74) is 0.779. The molecule has 1 aromatic heterocycles. The Kier molecular flexibility index (Phi) is 19.1. The number of carboxylic acids is 1. The van der Waals surface area contributed by atoms with Crippen molar-refractivity contribution in [2.24, 2.45) is 0 Å². The lowest BCUT2D eigenvalue weighted by atomic mass is 9.90. The van der Waals surface area contributed by atoms with Crippen molar-refractivity contribution >= 4 is 55.8 Å². The number of hydrogen-bond acceptors (Lipinski definition) is 9. The van der Waals surface area contributed by atoms with Gasteiger partial charge in [0.2, 0.25) is 0 Å². The smallest absolute Gasteiger partial charge is 0.328 e. The first kappa shape index (κ1) is 45.2. The molecule has 0 amide bonds. The molecule has 0 saturated carbocycles. The molecule has 0 radical (unpaired) electrons. The van der Waals surface area contributed by atoms with Crippen molar-refractivity contribution in [3.05, 3.63) is 92.8 Å². The van der Waals surface area contributed by atoms with E-state index in [2.05, 4.69) is 59.6 Å². The van der Waals surface area contributed by atoms with Gasteiger partial charge in [0.25, 0.3) is 5.56 Å². The second-order valence-corrected chi connectivity index (χ2v) is 13.5. The van der Waals surface area contributed by atoms with E-state index in [9.17, 15) is 28.8 Å². The molecule has 0 spiro atoms. The number of unbranched alkanes of at least 4 members (excludes halogenated alkanes) is 3. The van der Waals surface area contributed by atoms with Crippen LogP contribution in [0.4, 0.5) is 0 Å². The number of nitrogens with one attached hydrogen (secondary N) is 1. The lowest BCUT2D eigenvalue weighted by molar-refractivity contribution is -0.148. The van der Waals surface area contributed by atoms with Crippen LogP contribution >= 0.6 is 0 Å². The molecule has 56 heavy (non-hydrogen) atoms. The highest BCUT2D eigenvalue weighted by Gasteiger charge is 2.14. The van der Waals surface area contributed by atoms with E-state index in [-0.39, 0.29) is 57.0 Å². The predicted molar refractivity (Wildman–Crippen MR) is 218 cm³/mol. The zero-order valence-corrected chi connectivity index (χ0v) is 33.3.